The second-order valence-corrected chi connectivity index (χ2v) is 7.94. The molecule has 0 aliphatic carbocycles. The zero-order chi connectivity index (χ0) is 18.9. The predicted molar refractivity (Wildman–Crippen MR) is 114 cm³/mol. The van der Waals surface area contributed by atoms with E-state index in [4.69, 9.17) is 0 Å². The summed E-state index contributed by atoms with van der Waals surface area (Å²) in [6.07, 6.45) is 1.84. The molecule has 2 aromatic rings. The van der Waals surface area contributed by atoms with E-state index in [0.29, 0.717) is 5.75 Å². The molecule has 0 bridgehead atoms. The van der Waals surface area contributed by atoms with Gasteiger partial charge in [-0.1, -0.05) is 60.2 Å². The summed E-state index contributed by atoms with van der Waals surface area (Å²) in [5.74, 6) is 1.26. The number of likely N-dealkylation sites (tertiary alicyclic amines) is 1. The molecule has 2 aromatic carbocycles. The first-order valence-corrected chi connectivity index (χ1v) is 10.6. The second-order valence-electron chi connectivity index (χ2n) is 6.95. The average Bonchev–Trinajstić information content (AvgIpc) is 2.70. The van der Waals surface area contributed by atoms with Gasteiger partial charge < -0.3 is 0 Å². The van der Waals surface area contributed by atoms with E-state index < -0.39 is 0 Å². The number of carbonyl (C=O) groups is 1. The highest BCUT2D eigenvalue weighted by atomic mass is 32.2. The fourth-order valence-electron chi connectivity index (χ4n) is 3.04. The van der Waals surface area contributed by atoms with Gasteiger partial charge in [-0.05, 0) is 18.1 Å². The van der Waals surface area contributed by atoms with Crippen molar-refractivity contribution in [3.63, 3.8) is 0 Å². The first kappa shape index (κ1) is 19.6. The van der Waals surface area contributed by atoms with E-state index in [0.717, 1.165) is 43.9 Å². The van der Waals surface area contributed by atoms with Gasteiger partial charge in [0.05, 0.1) is 5.75 Å². The Balaban J connectivity index is 1.33. The molecule has 27 heavy (non-hydrogen) atoms. The molecule has 1 aliphatic rings. The zero-order valence-corrected chi connectivity index (χ0v) is 16.7. The summed E-state index contributed by atoms with van der Waals surface area (Å²) in [4.78, 5) is 14.4. The topological polar surface area (TPSA) is 44.7 Å². The maximum absolute atomic E-state index is 12.0. The summed E-state index contributed by atoms with van der Waals surface area (Å²) >= 11 is 1.62. The van der Waals surface area contributed by atoms with E-state index in [1.54, 1.807) is 11.8 Å². The van der Waals surface area contributed by atoms with Gasteiger partial charge >= 0.3 is 0 Å². The maximum Gasteiger partial charge on any atom is 0.250 e. The Hall–Kier alpha value is -2.11. The van der Waals surface area contributed by atoms with Crippen LogP contribution < -0.4 is 5.43 Å². The monoisotopic (exact) mass is 381 g/mol. The van der Waals surface area contributed by atoms with Crippen LogP contribution in [0.3, 0.4) is 0 Å². The van der Waals surface area contributed by atoms with Crippen LogP contribution in [0.5, 0.6) is 0 Å². The number of amides is 1. The predicted octanol–water partition coefficient (Wildman–Crippen LogP) is 4.00. The van der Waals surface area contributed by atoms with Crippen molar-refractivity contribution in [2.45, 2.75) is 32.1 Å². The van der Waals surface area contributed by atoms with Crippen molar-refractivity contribution in [1.82, 2.24) is 10.3 Å². The largest absolute Gasteiger partial charge is 0.298 e. The van der Waals surface area contributed by atoms with E-state index >= 15 is 0 Å². The summed E-state index contributed by atoms with van der Waals surface area (Å²) in [6.45, 7) is 5.05. The molecule has 1 saturated heterocycles. The van der Waals surface area contributed by atoms with Crippen molar-refractivity contribution in [3.05, 3.63) is 71.3 Å². The van der Waals surface area contributed by atoms with E-state index in [-0.39, 0.29) is 5.91 Å². The summed E-state index contributed by atoms with van der Waals surface area (Å²) < 4.78 is 0. The Morgan fingerprint density at radius 2 is 1.74 bits per heavy atom. The Morgan fingerprint density at radius 1 is 1.04 bits per heavy atom. The molecule has 5 heteroatoms. The van der Waals surface area contributed by atoms with Crippen molar-refractivity contribution in [3.8, 4) is 0 Å². The third-order valence-corrected chi connectivity index (χ3v) is 5.65. The number of nitrogens with zero attached hydrogens (tertiary/aromatic N) is 2. The molecular formula is C22H27N3OS. The zero-order valence-electron chi connectivity index (χ0n) is 15.9. The van der Waals surface area contributed by atoms with Gasteiger partial charge in [0.15, 0.2) is 0 Å². The van der Waals surface area contributed by atoms with Gasteiger partial charge in [0.1, 0.15) is 0 Å². The summed E-state index contributed by atoms with van der Waals surface area (Å²) in [6, 6.07) is 19.0. The van der Waals surface area contributed by atoms with Crippen LogP contribution in [0.1, 0.15) is 29.5 Å². The van der Waals surface area contributed by atoms with Crippen LogP contribution >= 0.6 is 11.8 Å². The number of thioether (sulfide) groups is 1. The first-order valence-electron chi connectivity index (χ1n) is 9.43. The molecular weight excluding hydrogens is 354 g/mol. The minimum absolute atomic E-state index is 0.0219. The van der Waals surface area contributed by atoms with Gasteiger partial charge in [-0.3, -0.25) is 9.69 Å². The summed E-state index contributed by atoms with van der Waals surface area (Å²) in [5, 5.41) is 4.34. The molecule has 1 N–H and O–H groups in total. The van der Waals surface area contributed by atoms with Crippen LogP contribution in [-0.2, 0) is 17.1 Å². The summed E-state index contributed by atoms with van der Waals surface area (Å²) in [5.41, 5.74) is 7.66. The molecule has 3 rings (SSSR count). The van der Waals surface area contributed by atoms with Crippen LogP contribution in [0.25, 0.3) is 0 Å². The number of nitrogens with one attached hydrogen (secondary N) is 1. The highest BCUT2D eigenvalue weighted by Gasteiger charge is 2.15. The maximum atomic E-state index is 12.0. The van der Waals surface area contributed by atoms with Crippen molar-refractivity contribution < 1.29 is 4.79 Å². The third kappa shape index (κ3) is 6.85. The molecule has 1 aliphatic heterocycles. The molecule has 0 saturated carbocycles. The number of aryl methyl sites for hydroxylation is 1. The Labute approximate surface area is 166 Å². The molecule has 0 radical (unpaired) electrons. The quantitative estimate of drug-likeness (QED) is 0.738. The van der Waals surface area contributed by atoms with Crippen LogP contribution in [0.15, 0.2) is 59.7 Å². The van der Waals surface area contributed by atoms with E-state index in [1.807, 2.05) is 6.07 Å². The number of benzene rings is 2. The number of hydrogen-bond acceptors (Lipinski definition) is 4. The van der Waals surface area contributed by atoms with Crippen LogP contribution in [0, 0.1) is 6.92 Å². The van der Waals surface area contributed by atoms with E-state index in [9.17, 15) is 4.79 Å². The third-order valence-electron chi connectivity index (χ3n) is 4.64. The Bertz CT molecular complexity index is 749. The molecule has 0 unspecified atom stereocenters. The summed E-state index contributed by atoms with van der Waals surface area (Å²) in [7, 11) is 0. The lowest BCUT2D eigenvalue weighted by Crippen LogP contribution is -2.34. The lowest BCUT2D eigenvalue weighted by atomic mass is 10.1. The van der Waals surface area contributed by atoms with Gasteiger partial charge in [0.2, 0.25) is 5.91 Å². The first-order chi connectivity index (χ1) is 13.2. The smallest absolute Gasteiger partial charge is 0.250 e. The molecule has 1 fully saturated rings. The minimum atomic E-state index is -0.0219. The van der Waals surface area contributed by atoms with Gasteiger partial charge in [0.25, 0.3) is 0 Å². The average molecular weight is 382 g/mol. The molecule has 0 spiro atoms. The molecule has 4 nitrogen and oxygen atoms in total. The van der Waals surface area contributed by atoms with Crippen LogP contribution in [0.2, 0.25) is 0 Å². The second kappa shape index (κ2) is 10.3. The number of piperidine rings is 1. The molecule has 0 atom stereocenters. The number of hydrazone groups is 1. The van der Waals surface area contributed by atoms with Gasteiger partial charge in [0, 0.05) is 43.9 Å². The SMILES string of the molecule is Cc1ccc(CSCC(=O)NN=C2CCN(Cc3ccccc3)CC2)cc1. The molecule has 142 valence electrons. The van der Waals surface area contributed by atoms with Crippen molar-refractivity contribution in [2.75, 3.05) is 18.8 Å². The van der Waals surface area contributed by atoms with E-state index in [2.05, 4.69) is 70.9 Å². The molecule has 1 amide bonds. The Kier molecular flexibility index (Phi) is 7.48. The molecule has 1 heterocycles. The highest BCUT2D eigenvalue weighted by molar-refractivity contribution is 7.99. The highest BCUT2D eigenvalue weighted by Crippen LogP contribution is 2.13. The standard InChI is InChI=1S/C22H27N3OS/c1-18-7-9-20(10-8-18)16-27-17-22(26)24-23-21-11-13-25(14-12-21)15-19-5-3-2-4-6-19/h2-10H,11-17H2,1H3,(H,24,26). The van der Waals surface area contributed by atoms with Crippen LogP contribution in [-0.4, -0.2) is 35.4 Å². The molecule has 0 aromatic heterocycles. The lowest BCUT2D eigenvalue weighted by molar-refractivity contribution is -0.118. The fourth-order valence-corrected chi connectivity index (χ4v) is 3.82. The van der Waals surface area contributed by atoms with Gasteiger partial charge in [-0.25, -0.2) is 5.43 Å². The van der Waals surface area contributed by atoms with Crippen LogP contribution in [0.4, 0.5) is 0 Å². The number of rotatable bonds is 7. The Morgan fingerprint density at radius 3 is 2.44 bits per heavy atom. The fraction of sp³-hybridized carbons (Fsp3) is 0.364. The van der Waals surface area contributed by atoms with Crippen molar-refractivity contribution >= 4 is 23.4 Å². The van der Waals surface area contributed by atoms with Crippen molar-refractivity contribution in [2.24, 2.45) is 5.10 Å². The number of hydrogen-bond donors (Lipinski definition) is 1. The normalized spacial score (nSPS) is 14.8. The van der Waals surface area contributed by atoms with Gasteiger partial charge in [-0.2, -0.15) is 5.10 Å². The lowest BCUT2D eigenvalue weighted by Gasteiger charge is -2.27. The van der Waals surface area contributed by atoms with Crippen molar-refractivity contribution in [1.29, 1.82) is 0 Å². The number of carbonyl (C=O) groups excluding carboxylic acids is 1. The minimum Gasteiger partial charge on any atom is -0.298 e. The van der Waals surface area contributed by atoms with E-state index in [1.165, 1.54) is 16.7 Å². The van der Waals surface area contributed by atoms with Gasteiger partial charge in [-0.15, -0.1) is 11.8 Å².